The number of aryl methyl sites for hydroxylation is 1. The molecule has 0 aliphatic carbocycles. The fourth-order valence-corrected chi connectivity index (χ4v) is 4.81. The number of methoxy groups -OCH3 is 1. The Bertz CT molecular complexity index is 986. The maximum atomic E-state index is 13.2. The molecule has 1 saturated heterocycles. The number of ether oxygens (including phenoxy) is 2. The molecule has 152 valence electrons. The summed E-state index contributed by atoms with van der Waals surface area (Å²) in [6.07, 6.45) is 3.13. The number of thiazole rings is 1. The molecule has 1 fully saturated rings. The SMILES string of the molecule is COc1ccc(Cl)c2sc(N(CC3CCCO3)C(=O)CCc3ccccc3)nc12. The van der Waals surface area contributed by atoms with E-state index >= 15 is 0 Å². The van der Waals surface area contributed by atoms with Crippen molar-refractivity contribution in [3.63, 3.8) is 0 Å². The summed E-state index contributed by atoms with van der Waals surface area (Å²) in [5, 5.41) is 1.25. The first kappa shape index (κ1) is 20.1. The van der Waals surface area contributed by atoms with Crippen molar-refractivity contribution in [2.45, 2.75) is 31.8 Å². The Morgan fingerprint density at radius 3 is 2.86 bits per heavy atom. The number of aromatic nitrogens is 1. The molecule has 1 aliphatic heterocycles. The molecule has 0 bridgehead atoms. The van der Waals surface area contributed by atoms with E-state index in [0.29, 0.717) is 40.8 Å². The lowest BCUT2D eigenvalue weighted by Crippen LogP contribution is -2.37. The number of benzene rings is 2. The standard InChI is InChI=1S/C22H23ClN2O3S/c1-27-18-11-10-17(23)21-20(18)24-22(29-21)25(14-16-8-5-13-28-16)19(26)12-9-15-6-3-2-4-7-15/h2-4,6-7,10-11,16H,5,8-9,12-14H2,1H3. The van der Waals surface area contributed by atoms with E-state index in [-0.39, 0.29) is 12.0 Å². The summed E-state index contributed by atoms with van der Waals surface area (Å²) < 4.78 is 12.1. The normalized spacial score (nSPS) is 16.3. The summed E-state index contributed by atoms with van der Waals surface area (Å²) in [6.45, 7) is 1.25. The Hall–Kier alpha value is -2.15. The summed E-state index contributed by atoms with van der Waals surface area (Å²) in [7, 11) is 1.61. The van der Waals surface area contributed by atoms with E-state index in [1.54, 1.807) is 24.1 Å². The predicted molar refractivity (Wildman–Crippen MR) is 117 cm³/mol. The third kappa shape index (κ3) is 4.55. The number of hydrogen-bond donors (Lipinski definition) is 0. The highest BCUT2D eigenvalue weighted by atomic mass is 35.5. The fraction of sp³-hybridized carbons (Fsp3) is 0.364. The van der Waals surface area contributed by atoms with Crippen molar-refractivity contribution in [1.82, 2.24) is 4.98 Å². The van der Waals surface area contributed by atoms with Gasteiger partial charge in [0, 0.05) is 13.0 Å². The van der Waals surface area contributed by atoms with Gasteiger partial charge in [0.2, 0.25) is 5.91 Å². The van der Waals surface area contributed by atoms with Crippen LogP contribution in [0, 0.1) is 0 Å². The van der Waals surface area contributed by atoms with Crippen molar-refractivity contribution in [3.05, 3.63) is 53.1 Å². The maximum Gasteiger partial charge on any atom is 0.229 e. The smallest absolute Gasteiger partial charge is 0.229 e. The summed E-state index contributed by atoms with van der Waals surface area (Å²) in [5.41, 5.74) is 1.83. The Balaban J connectivity index is 1.62. The molecule has 3 aromatic rings. The Labute approximate surface area is 179 Å². The van der Waals surface area contributed by atoms with Crippen molar-refractivity contribution in [2.75, 3.05) is 25.2 Å². The zero-order valence-corrected chi connectivity index (χ0v) is 17.8. The second kappa shape index (κ2) is 9.11. The predicted octanol–water partition coefficient (Wildman–Crippen LogP) is 5.10. The Morgan fingerprint density at radius 2 is 2.14 bits per heavy atom. The molecule has 0 N–H and O–H groups in total. The topological polar surface area (TPSA) is 51.7 Å². The lowest BCUT2D eigenvalue weighted by Gasteiger charge is -2.23. The van der Waals surface area contributed by atoms with Crippen molar-refractivity contribution in [3.8, 4) is 5.75 Å². The molecule has 29 heavy (non-hydrogen) atoms. The minimum Gasteiger partial charge on any atom is -0.494 e. The van der Waals surface area contributed by atoms with Gasteiger partial charge in [0.1, 0.15) is 11.3 Å². The van der Waals surface area contributed by atoms with Crippen LogP contribution in [-0.4, -0.2) is 37.3 Å². The highest BCUT2D eigenvalue weighted by molar-refractivity contribution is 7.23. The van der Waals surface area contributed by atoms with Crippen LogP contribution in [0.4, 0.5) is 5.13 Å². The van der Waals surface area contributed by atoms with Crippen LogP contribution in [-0.2, 0) is 16.0 Å². The number of fused-ring (bicyclic) bond motifs is 1. The highest BCUT2D eigenvalue weighted by Gasteiger charge is 2.27. The van der Waals surface area contributed by atoms with Crippen LogP contribution in [0.25, 0.3) is 10.2 Å². The number of nitrogens with zero attached hydrogens (tertiary/aromatic N) is 2. The monoisotopic (exact) mass is 430 g/mol. The minimum atomic E-state index is 0.0403. The van der Waals surface area contributed by atoms with Gasteiger partial charge in [-0.1, -0.05) is 53.3 Å². The molecule has 0 spiro atoms. The number of hydrogen-bond acceptors (Lipinski definition) is 5. The van der Waals surface area contributed by atoms with Crippen LogP contribution >= 0.6 is 22.9 Å². The van der Waals surface area contributed by atoms with Gasteiger partial charge in [-0.25, -0.2) is 4.98 Å². The number of anilines is 1. The van der Waals surface area contributed by atoms with Crippen LogP contribution in [0.5, 0.6) is 5.75 Å². The second-order valence-electron chi connectivity index (χ2n) is 7.05. The molecule has 2 aromatic carbocycles. The quantitative estimate of drug-likeness (QED) is 0.523. The van der Waals surface area contributed by atoms with Crippen molar-refractivity contribution >= 4 is 44.2 Å². The van der Waals surface area contributed by atoms with Crippen molar-refractivity contribution < 1.29 is 14.3 Å². The molecule has 1 aromatic heterocycles. The van der Waals surface area contributed by atoms with E-state index < -0.39 is 0 Å². The molecule has 0 radical (unpaired) electrons. The number of amides is 1. The number of carbonyl (C=O) groups is 1. The van der Waals surface area contributed by atoms with Gasteiger partial charge in [-0.05, 0) is 37.0 Å². The lowest BCUT2D eigenvalue weighted by molar-refractivity contribution is -0.119. The molecule has 1 amide bonds. The molecule has 4 rings (SSSR count). The van der Waals surface area contributed by atoms with E-state index in [9.17, 15) is 4.79 Å². The third-order valence-corrected chi connectivity index (χ3v) is 6.62. The summed E-state index contributed by atoms with van der Waals surface area (Å²) >= 11 is 7.80. The van der Waals surface area contributed by atoms with Gasteiger partial charge in [-0.15, -0.1) is 0 Å². The van der Waals surface area contributed by atoms with Gasteiger partial charge in [-0.3, -0.25) is 9.69 Å². The van der Waals surface area contributed by atoms with Crippen molar-refractivity contribution in [1.29, 1.82) is 0 Å². The van der Waals surface area contributed by atoms with Crippen LogP contribution < -0.4 is 9.64 Å². The average molecular weight is 431 g/mol. The Morgan fingerprint density at radius 1 is 1.31 bits per heavy atom. The molecular weight excluding hydrogens is 408 g/mol. The average Bonchev–Trinajstić information content (AvgIpc) is 3.42. The van der Waals surface area contributed by atoms with Gasteiger partial charge in [0.15, 0.2) is 5.13 Å². The summed E-state index contributed by atoms with van der Waals surface area (Å²) in [4.78, 5) is 19.7. The first-order chi connectivity index (χ1) is 14.2. The number of halogens is 1. The fourth-order valence-electron chi connectivity index (χ4n) is 3.53. The van der Waals surface area contributed by atoms with Gasteiger partial charge in [0.25, 0.3) is 0 Å². The first-order valence-electron chi connectivity index (χ1n) is 9.74. The molecule has 0 saturated carbocycles. The van der Waals surface area contributed by atoms with Crippen LogP contribution in [0.1, 0.15) is 24.8 Å². The molecule has 5 nitrogen and oxygen atoms in total. The van der Waals surface area contributed by atoms with Gasteiger partial charge in [-0.2, -0.15) is 0 Å². The molecule has 2 heterocycles. The zero-order chi connectivity index (χ0) is 20.2. The summed E-state index contributed by atoms with van der Waals surface area (Å²) in [5.74, 6) is 0.694. The van der Waals surface area contributed by atoms with Gasteiger partial charge < -0.3 is 9.47 Å². The van der Waals surface area contributed by atoms with E-state index in [4.69, 9.17) is 26.1 Å². The first-order valence-corrected chi connectivity index (χ1v) is 10.9. The van der Waals surface area contributed by atoms with E-state index in [0.717, 1.165) is 29.7 Å². The number of carbonyl (C=O) groups excluding carboxylic acids is 1. The molecule has 1 unspecified atom stereocenters. The highest BCUT2D eigenvalue weighted by Crippen LogP contribution is 2.39. The van der Waals surface area contributed by atoms with E-state index in [2.05, 4.69) is 0 Å². The lowest BCUT2D eigenvalue weighted by atomic mass is 10.1. The summed E-state index contributed by atoms with van der Waals surface area (Å²) in [6, 6.07) is 13.6. The van der Waals surface area contributed by atoms with Gasteiger partial charge >= 0.3 is 0 Å². The van der Waals surface area contributed by atoms with E-state index in [1.165, 1.54) is 11.3 Å². The second-order valence-corrected chi connectivity index (χ2v) is 8.43. The molecule has 1 atom stereocenters. The molecular formula is C22H23ClN2O3S. The van der Waals surface area contributed by atoms with Crippen molar-refractivity contribution in [2.24, 2.45) is 0 Å². The van der Waals surface area contributed by atoms with E-state index in [1.807, 2.05) is 30.3 Å². The van der Waals surface area contributed by atoms with Crippen LogP contribution in [0.2, 0.25) is 5.02 Å². The third-order valence-electron chi connectivity index (χ3n) is 5.08. The minimum absolute atomic E-state index is 0.0403. The number of rotatable bonds is 7. The molecule has 1 aliphatic rings. The van der Waals surface area contributed by atoms with Gasteiger partial charge in [0.05, 0.1) is 29.5 Å². The van der Waals surface area contributed by atoms with Crippen LogP contribution in [0.15, 0.2) is 42.5 Å². The Kier molecular flexibility index (Phi) is 6.33. The zero-order valence-electron chi connectivity index (χ0n) is 16.3. The van der Waals surface area contributed by atoms with Crippen LogP contribution in [0.3, 0.4) is 0 Å². The maximum absolute atomic E-state index is 13.2. The largest absolute Gasteiger partial charge is 0.494 e. The molecule has 7 heteroatoms.